The summed E-state index contributed by atoms with van der Waals surface area (Å²) in [5, 5.41) is 12.2. The van der Waals surface area contributed by atoms with Crippen molar-refractivity contribution in [2.75, 3.05) is 12.3 Å². The van der Waals surface area contributed by atoms with E-state index in [9.17, 15) is 32.9 Å². The second kappa shape index (κ2) is 5.72. The van der Waals surface area contributed by atoms with Crippen LogP contribution in [0.3, 0.4) is 0 Å². The van der Waals surface area contributed by atoms with Crippen LogP contribution in [0.25, 0.3) is 0 Å². The number of amidine groups is 1. The predicted octanol–water partition coefficient (Wildman–Crippen LogP) is 1.53. The summed E-state index contributed by atoms with van der Waals surface area (Å²) in [6, 6.07) is 4.17. The quantitative estimate of drug-likeness (QED) is 0.638. The number of rotatable bonds is 3. The van der Waals surface area contributed by atoms with Gasteiger partial charge in [-0.3, -0.25) is 24.6 Å². The zero-order valence-corrected chi connectivity index (χ0v) is 13.1. The molecule has 25 heavy (non-hydrogen) atoms. The van der Waals surface area contributed by atoms with E-state index in [-0.39, 0.29) is 17.3 Å². The number of nitrogens with zero attached hydrogens (tertiary/aromatic N) is 3. The number of nitrogens with one attached hydrogen (secondary N) is 1. The van der Waals surface area contributed by atoms with Crippen molar-refractivity contribution >= 4 is 34.4 Å². The summed E-state index contributed by atoms with van der Waals surface area (Å²) >= 11 is 0.979. The van der Waals surface area contributed by atoms with Gasteiger partial charge in [-0.1, -0.05) is 17.8 Å². The van der Waals surface area contributed by atoms with Gasteiger partial charge >= 0.3 is 11.8 Å². The van der Waals surface area contributed by atoms with Gasteiger partial charge in [0, 0.05) is 30.0 Å². The molecule has 3 rings (SSSR count). The lowest BCUT2D eigenvalue weighted by Gasteiger charge is -2.28. The summed E-state index contributed by atoms with van der Waals surface area (Å²) in [6.07, 6.45) is -5.17. The van der Waals surface area contributed by atoms with E-state index in [4.69, 9.17) is 0 Å². The number of hydrogen-bond acceptors (Lipinski definition) is 6. The molecular weight excluding hydrogens is 365 g/mol. The minimum Gasteiger partial charge on any atom is -0.312 e. The number of hydrogen-bond donors (Lipinski definition) is 1. The molecule has 0 unspecified atom stereocenters. The van der Waals surface area contributed by atoms with E-state index >= 15 is 0 Å². The molecule has 1 N–H and O–H groups in total. The number of alkyl halides is 3. The van der Waals surface area contributed by atoms with E-state index in [1.54, 1.807) is 5.32 Å². The van der Waals surface area contributed by atoms with E-state index in [0.29, 0.717) is 5.75 Å². The van der Waals surface area contributed by atoms with Crippen molar-refractivity contribution in [1.29, 1.82) is 0 Å². The molecule has 0 radical (unpaired) electrons. The maximum atomic E-state index is 13.6. The molecule has 2 amide bonds. The van der Waals surface area contributed by atoms with Crippen LogP contribution >= 0.6 is 11.8 Å². The first kappa shape index (κ1) is 17.2. The molecule has 1 atom stereocenters. The first-order valence-corrected chi connectivity index (χ1v) is 7.82. The Kier molecular flexibility index (Phi) is 3.94. The second-order valence-corrected chi connectivity index (χ2v) is 6.23. The Morgan fingerprint density at radius 2 is 2.16 bits per heavy atom. The Labute approximate surface area is 142 Å². The summed E-state index contributed by atoms with van der Waals surface area (Å²) in [5.41, 5.74) is -4.27. The zero-order chi connectivity index (χ0) is 18.4. The third-order valence-corrected chi connectivity index (χ3v) is 4.58. The minimum absolute atomic E-state index is 0.0623. The molecule has 1 aromatic carbocycles. The number of thioether (sulfide) groups is 1. The fourth-order valence-corrected chi connectivity index (χ4v) is 3.39. The fraction of sp³-hybridized carbons (Fsp3) is 0.308. The Bertz CT molecular complexity index is 813. The molecule has 1 saturated heterocycles. The maximum Gasteiger partial charge on any atom is 0.442 e. The van der Waals surface area contributed by atoms with Crippen molar-refractivity contribution < 1.29 is 27.7 Å². The first-order chi connectivity index (χ1) is 11.7. The molecule has 0 aromatic heterocycles. The molecule has 8 nitrogen and oxygen atoms in total. The second-order valence-electron chi connectivity index (χ2n) is 5.17. The molecule has 1 aromatic rings. The molecule has 1 fully saturated rings. The standard InChI is InChI=1S/C13H9F3N4O4S/c14-13(15,16)12(10(22)19-4-5-25-11(19)18-12)17-9(21)7-2-1-3-8(6-7)20(23)24/h1-3,6H,4-5H2,(H,17,21)/t12-/m1/s1. The number of nitro groups is 1. The summed E-state index contributed by atoms with van der Waals surface area (Å²) in [5.74, 6) is -2.26. The van der Waals surface area contributed by atoms with Gasteiger partial charge in [0.15, 0.2) is 5.17 Å². The van der Waals surface area contributed by atoms with E-state index in [2.05, 4.69) is 4.99 Å². The van der Waals surface area contributed by atoms with Gasteiger partial charge in [0.05, 0.1) is 4.92 Å². The molecule has 12 heteroatoms. The molecule has 0 spiro atoms. The van der Waals surface area contributed by atoms with Crippen molar-refractivity contribution in [1.82, 2.24) is 10.2 Å². The lowest BCUT2D eigenvalue weighted by Crippen LogP contribution is -2.63. The Hall–Kier alpha value is -2.63. The van der Waals surface area contributed by atoms with Crippen molar-refractivity contribution in [3.63, 3.8) is 0 Å². The molecule has 2 aliphatic rings. The van der Waals surface area contributed by atoms with Crippen LogP contribution in [0.15, 0.2) is 29.3 Å². The van der Waals surface area contributed by atoms with Crippen LogP contribution in [0.4, 0.5) is 18.9 Å². The van der Waals surface area contributed by atoms with Crippen molar-refractivity contribution in [2.24, 2.45) is 4.99 Å². The Morgan fingerprint density at radius 3 is 2.76 bits per heavy atom. The van der Waals surface area contributed by atoms with Crippen LogP contribution in [-0.4, -0.2) is 50.9 Å². The topological polar surface area (TPSA) is 105 Å². The number of nitro benzene ring substituents is 1. The Balaban J connectivity index is 1.97. The van der Waals surface area contributed by atoms with Gasteiger partial charge in [-0.05, 0) is 6.07 Å². The van der Waals surface area contributed by atoms with E-state index in [1.807, 2.05) is 0 Å². The van der Waals surface area contributed by atoms with Gasteiger partial charge in [-0.2, -0.15) is 13.2 Å². The van der Waals surface area contributed by atoms with Crippen molar-refractivity contribution in [3.05, 3.63) is 39.9 Å². The third-order valence-electron chi connectivity index (χ3n) is 3.62. The van der Waals surface area contributed by atoms with Crippen molar-refractivity contribution in [2.45, 2.75) is 11.8 Å². The van der Waals surface area contributed by atoms with Gasteiger partial charge in [0.25, 0.3) is 17.5 Å². The van der Waals surface area contributed by atoms with Crippen LogP contribution in [-0.2, 0) is 4.79 Å². The number of amides is 2. The fourth-order valence-electron chi connectivity index (χ4n) is 2.40. The SMILES string of the molecule is O=C(N[C@@]1(C(F)(F)F)N=C2SCCN2C1=O)c1cccc([N+](=O)[O-])c1. The smallest absolute Gasteiger partial charge is 0.312 e. The summed E-state index contributed by atoms with van der Waals surface area (Å²) < 4.78 is 40.7. The summed E-state index contributed by atoms with van der Waals surface area (Å²) in [7, 11) is 0. The molecule has 0 saturated carbocycles. The van der Waals surface area contributed by atoms with Gasteiger partial charge in [-0.25, -0.2) is 4.99 Å². The zero-order valence-electron chi connectivity index (χ0n) is 12.2. The normalized spacial score (nSPS) is 22.6. The molecule has 0 aliphatic carbocycles. The average Bonchev–Trinajstić information content (AvgIpc) is 3.09. The van der Waals surface area contributed by atoms with E-state index in [0.717, 1.165) is 40.9 Å². The van der Waals surface area contributed by atoms with E-state index < -0.39 is 34.3 Å². The number of benzene rings is 1. The predicted molar refractivity (Wildman–Crippen MR) is 81.0 cm³/mol. The van der Waals surface area contributed by atoms with Gasteiger partial charge in [-0.15, -0.1) is 0 Å². The highest BCUT2D eigenvalue weighted by atomic mass is 32.2. The van der Waals surface area contributed by atoms with Crippen LogP contribution in [0.5, 0.6) is 0 Å². The molecule has 2 heterocycles. The Morgan fingerprint density at radius 1 is 1.44 bits per heavy atom. The van der Waals surface area contributed by atoms with E-state index in [1.165, 1.54) is 0 Å². The van der Waals surface area contributed by atoms with Crippen LogP contribution in [0.2, 0.25) is 0 Å². The van der Waals surface area contributed by atoms with Crippen LogP contribution < -0.4 is 5.32 Å². The highest BCUT2D eigenvalue weighted by Gasteiger charge is 2.67. The average molecular weight is 374 g/mol. The van der Waals surface area contributed by atoms with Crippen LogP contribution in [0.1, 0.15) is 10.4 Å². The first-order valence-electron chi connectivity index (χ1n) is 6.84. The van der Waals surface area contributed by atoms with Crippen LogP contribution in [0, 0.1) is 10.1 Å². The minimum atomic E-state index is -5.17. The van der Waals surface area contributed by atoms with Crippen molar-refractivity contribution in [3.8, 4) is 0 Å². The third kappa shape index (κ3) is 2.71. The molecular formula is C13H9F3N4O4S. The highest BCUT2D eigenvalue weighted by Crippen LogP contribution is 2.41. The number of carbonyl (C=O) groups is 2. The lowest BCUT2D eigenvalue weighted by atomic mass is 10.1. The number of carbonyl (C=O) groups excluding carboxylic acids is 2. The van der Waals surface area contributed by atoms with Gasteiger partial charge in [0.2, 0.25) is 0 Å². The summed E-state index contributed by atoms with van der Waals surface area (Å²) in [4.78, 5) is 38.7. The van der Waals surface area contributed by atoms with Gasteiger partial charge in [0.1, 0.15) is 0 Å². The number of non-ortho nitro benzene ring substituents is 1. The molecule has 2 aliphatic heterocycles. The monoisotopic (exact) mass is 374 g/mol. The largest absolute Gasteiger partial charge is 0.442 e. The van der Waals surface area contributed by atoms with Gasteiger partial charge < -0.3 is 5.32 Å². The molecule has 132 valence electrons. The lowest BCUT2D eigenvalue weighted by molar-refractivity contribution is -0.384. The molecule has 0 bridgehead atoms. The number of aliphatic imine (C=N–C) groups is 1. The number of halogens is 3. The maximum absolute atomic E-state index is 13.6. The number of fused-ring (bicyclic) bond motifs is 1. The summed E-state index contributed by atoms with van der Waals surface area (Å²) in [6.45, 7) is 0.0623. The highest BCUT2D eigenvalue weighted by molar-refractivity contribution is 8.14.